The Morgan fingerprint density at radius 1 is 1.16 bits per heavy atom. The zero-order valence-electron chi connectivity index (χ0n) is 16.5. The van der Waals surface area contributed by atoms with Crippen LogP contribution in [0.3, 0.4) is 0 Å². The Morgan fingerprint density at radius 2 is 1.97 bits per heavy atom. The maximum absolute atomic E-state index is 9.71. The number of hydrogen-bond acceptors (Lipinski definition) is 5. The molecule has 0 amide bonds. The van der Waals surface area contributed by atoms with Gasteiger partial charge in [-0.05, 0) is 69.5 Å². The first kappa shape index (κ1) is 21.1. The van der Waals surface area contributed by atoms with Crippen LogP contribution in [0.1, 0.15) is 16.7 Å². The van der Waals surface area contributed by atoms with Gasteiger partial charge in [0, 0.05) is 10.6 Å². The lowest BCUT2D eigenvalue weighted by Gasteiger charge is -2.14. The number of ether oxygens (including phenoxy) is 4. The number of methoxy groups -OCH3 is 1. The lowest BCUT2D eigenvalue weighted by molar-refractivity contribution is 0.174. The SMILES string of the molecule is COc1cc(/C=C(/C#N)c2ccc3c(c2)OCO3)cc(Br)c1OCc1ccccc1Cl. The molecular formula is C24H17BrClNO4. The van der Waals surface area contributed by atoms with Crippen molar-refractivity contribution in [3.63, 3.8) is 0 Å². The molecule has 0 bridgehead atoms. The fraction of sp³-hybridized carbons (Fsp3) is 0.125. The fourth-order valence-electron chi connectivity index (χ4n) is 3.14. The minimum atomic E-state index is 0.185. The Balaban J connectivity index is 1.62. The summed E-state index contributed by atoms with van der Waals surface area (Å²) in [6, 6.07) is 18.9. The lowest BCUT2D eigenvalue weighted by atomic mass is 10.0. The molecule has 0 aromatic heterocycles. The topological polar surface area (TPSA) is 60.7 Å². The first-order chi connectivity index (χ1) is 15.1. The normalized spacial score (nSPS) is 12.4. The van der Waals surface area contributed by atoms with Gasteiger partial charge in [0.2, 0.25) is 6.79 Å². The van der Waals surface area contributed by atoms with E-state index in [0.717, 1.165) is 16.7 Å². The van der Waals surface area contributed by atoms with E-state index in [1.807, 2.05) is 42.5 Å². The number of allylic oxidation sites excluding steroid dienone is 1. The van der Waals surface area contributed by atoms with Crippen molar-refractivity contribution in [3.05, 3.63) is 80.8 Å². The molecule has 0 radical (unpaired) electrons. The molecule has 7 heteroatoms. The number of hydrogen-bond donors (Lipinski definition) is 0. The van der Waals surface area contributed by atoms with Crippen molar-refractivity contribution < 1.29 is 18.9 Å². The molecule has 0 unspecified atom stereocenters. The zero-order valence-corrected chi connectivity index (χ0v) is 18.9. The van der Waals surface area contributed by atoms with E-state index in [0.29, 0.717) is 44.7 Å². The number of halogens is 2. The van der Waals surface area contributed by atoms with E-state index < -0.39 is 0 Å². The lowest BCUT2D eigenvalue weighted by Crippen LogP contribution is -1.99. The molecule has 5 nitrogen and oxygen atoms in total. The summed E-state index contributed by atoms with van der Waals surface area (Å²) in [4.78, 5) is 0. The molecule has 0 saturated heterocycles. The number of rotatable bonds is 6. The van der Waals surface area contributed by atoms with Crippen molar-refractivity contribution in [2.75, 3.05) is 13.9 Å². The number of nitriles is 1. The van der Waals surface area contributed by atoms with Crippen molar-refractivity contribution in [3.8, 4) is 29.1 Å². The molecule has 0 saturated carbocycles. The van der Waals surface area contributed by atoms with Crippen LogP contribution in [0.5, 0.6) is 23.0 Å². The van der Waals surface area contributed by atoms with Crippen LogP contribution in [-0.4, -0.2) is 13.9 Å². The first-order valence-electron chi connectivity index (χ1n) is 9.34. The Hall–Kier alpha value is -3.14. The summed E-state index contributed by atoms with van der Waals surface area (Å²) in [6.07, 6.45) is 1.78. The van der Waals surface area contributed by atoms with Crippen molar-refractivity contribution in [1.82, 2.24) is 0 Å². The highest BCUT2D eigenvalue weighted by molar-refractivity contribution is 9.10. The summed E-state index contributed by atoms with van der Waals surface area (Å²) in [7, 11) is 1.57. The minimum Gasteiger partial charge on any atom is -0.493 e. The van der Waals surface area contributed by atoms with E-state index >= 15 is 0 Å². The van der Waals surface area contributed by atoms with Crippen molar-refractivity contribution in [2.45, 2.75) is 6.61 Å². The quantitative estimate of drug-likeness (QED) is 0.287. The van der Waals surface area contributed by atoms with Gasteiger partial charge in [-0.1, -0.05) is 29.8 Å². The fourth-order valence-corrected chi connectivity index (χ4v) is 3.90. The van der Waals surface area contributed by atoms with Gasteiger partial charge < -0.3 is 18.9 Å². The predicted octanol–water partition coefficient (Wildman–Crippen LogP) is 6.48. The molecule has 0 aliphatic carbocycles. The highest BCUT2D eigenvalue weighted by atomic mass is 79.9. The average molecular weight is 499 g/mol. The predicted molar refractivity (Wildman–Crippen MR) is 123 cm³/mol. The van der Waals surface area contributed by atoms with E-state index in [1.54, 1.807) is 25.3 Å². The van der Waals surface area contributed by atoms with Crippen LogP contribution in [0.2, 0.25) is 5.02 Å². The van der Waals surface area contributed by atoms with E-state index in [2.05, 4.69) is 22.0 Å². The molecule has 156 valence electrons. The molecule has 1 heterocycles. The third kappa shape index (κ3) is 4.63. The Morgan fingerprint density at radius 3 is 2.74 bits per heavy atom. The molecule has 3 aromatic carbocycles. The zero-order chi connectivity index (χ0) is 21.8. The largest absolute Gasteiger partial charge is 0.493 e. The summed E-state index contributed by atoms with van der Waals surface area (Å²) in [5.74, 6) is 2.39. The number of benzene rings is 3. The van der Waals surface area contributed by atoms with Crippen LogP contribution in [-0.2, 0) is 6.61 Å². The van der Waals surface area contributed by atoms with Crippen LogP contribution in [0, 0.1) is 11.3 Å². The van der Waals surface area contributed by atoms with E-state index in [1.165, 1.54) is 0 Å². The maximum atomic E-state index is 9.71. The molecule has 1 aliphatic rings. The molecule has 4 rings (SSSR count). The summed E-state index contributed by atoms with van der Waals surface area (Å²) in [6.45, 7) is 0.481. The summed E-state index contributed by atoms with van der Waals surface area (Å²) in [5, 5.41) is 10.3. The molecule has 0 spiro atoms. The smallest absolute Gasteiger partial charge is 0.231 e. The summed E-state index contributed by atoms with van der Waals surface area (Å²) >= 11 is 9.77. The summed E-state index contributed by atoms with van der Waals surface area (Å²) in [5.41, 5.74) is 2.87. The molecule has 31 heavy (non-hydrogen) atoms. The third-order valence-electron chi connectivity index (χ3n) is 4.70. The maximum Gasteiger partial charge on any atom is 0.231 e. The van der Waals surface area contributed by atoms with Crippen LogP contribution in [0.25, 0.3) is 11.6 Å². The highest BCUT2D eigenvalue weighted by Crippen LogP contribution is 2.39. The van der Waals surface area contributed by atoms with Crippen LogP contribution in [0.4, 0.5) is 0 Å². The van der Waals surface area contributed by atoms with Gasteiger partial charge in [-0.15, -0.1) is 0 Å². The first-order valence-corrected chi connectivity index (χ1v) is 10.5. The second kappa shape index (κ2) is 9.34. The monoisotopic (exact) mass is 497 g/mol. The van der Waals surface area contributed by atoms with Crippen molar-refractivity contribution in [1.29, 1.82) is 5.26 Å². The molecule has 3 aromatic rings. The highest BCUT2D eigenvalue weighted by Gasteiger charge is 2.16. The summed E-state index contributed by atoms with van der Waals surface area (Å²) < 4.78 is 23.0. The van der Waals surface area contributed by atoms with E-state index in [-0.39, 0.29) is 6.79 Å². The third-order valence-corrected chi connectivity index (χ3v) is 5.65. The van der Waals surface area contributed by atoms with Crippen molar-refractivity contribution in [2.24, 2.45) is 0 Å². The Bertz CT molecular complexity index is 1200. The van der Waals surface area contributed by atoms with Crippen LogP contribution >= 0.6 is 27.5 Å². The molecule has 0 atom stereocenters. The average Bonchev–Trinajstić information content (AvgIpc) is 3.25. The van der Waals surface area contributed by atoms with Gasteiger partial charge in [-0.2, -0.15) is 5.26 Å². The molecule has 0 fully saturated rings. The Labute approximate surface area is 193 Å². The van der Waals surface area contributed by atoms with Crippen molar-refractivity contribution >= 4 is 39.2 Å². The van der Waals surface area contributed by atoms with Gasteiger partial charge >= 0.3 is 0 Å². The van der Waals surface area contributed by atoms with Crippen LogP contribution in [0.15, 0.2) is 59.1 Å². The van der Waals surface area contributed by atoms with Gasteiger partial charge in [0.15, 0.2) is 23.0 Å². The van der Waals surface area contributed by atoms with E-state index in [4.69, 9.17) is 30.5 Å². The van der Waals surface area contributed by atoms with Gasteiger partial charge in [-0.3, -0.25) is 0 Å². The van der Waals surface area contributed by atoms with Gasteiger partial charge in [-0.25, -0.2) is 0 Å². The second-order valence-corrected chi connectivity index (χ2v) is 7.91. The van der Waals surface area contributed by atoms with Crippen LogP contribution < -0.4 is 18.9 Å². The minimum absolute atomic E-state index is 0.185. The number of fused-ring (bicyclic) bond motifs is 1. The number of nitrogens with zero attached hydrogens (tertiary/aromatic N) is 1. The Kier molecular flexibility index (Phi) is 6.36. The van der Waals surface area contributed by atoms with Gasteiger partial charge in [0.25, 0.3) is 0 Å². The molecule has 0 N–H and O–H groups in total. The molecular weight excluding hydrogens is 482 g/mol. The standard InChI is InChI=1S/C24H17BrClNO4/c1-28-23-10-15(8-18(12-27)16-6-7-21-22(11-16)31-14-30-21)9-19(25)24(23)29-13-17-4-2-3-5-20(17)26/h2-11H,13-14H2,1H3/b18-8-. The van der Waals surface area contributed by atoms with Gasteiger partial charge in [0.1, 0.15) is 6.61 Å². The van der Waals surface area contributed by atoms with E-state index in [9.17, 15) is 5.26 Å². The molecule has 1 aliphatic heterocycles. The second-order valence-electron chi connectivity index (χ2n) is 6.65. The van der Waals surface area contributed by atoms with Gasteiger partial charge in [0.05, 0.1) is 23.2 Å².